The SMILES string of the molecule is N#Cc1cc2c(=O)n3ccccc3nc2n(Cc2ccccc2)c1=NC(=O)c1ccc(N2CCCCC2)c([N+](=O)[O-])c1. The van der Waals surface area contributed by atoms with Gasteiger partial charge in [-0.2, -0.15) is 10.3 Å². The smallest absolute Gasteiger partial charge is 0.293 e. The van der Waals surface area contributed by atoms with E-state index in [1.165, 1.54) is 22.6 Å². The van der Waals surface area contributed by atoms with Crippen molar-refractivity contribution in [2.45, 2.75) is 25.8 Å². The number of nitrogens with zero attached hydrogens (tertiary/aromatic N) is 7. The molecule has 5 aromatic rings. The molecule has 0 unspecified atom stereocenters. The van der Waals surface area contributed by atoms with Crippen LogP contribution in [0.25, 0.3) is 16.7 Å². The molecule has 0 atom stereocenters. The van der Waals surface area contributed by atoms with Gasteiger partial charge in [-0.1, -0.05) is 36.4 Å². The Morgan fingerprint density at radius 1 is 1.02 bits per heavy atom. The third-order valence-corrected chi connectivity index (χ3v) is 7.42. The molecule has 11 nitrogen and oxygen atoms in total. The summed E-state index contributed by atoms with van der Waals surface area (Å²) in [5, 5.41) is 22.3. The van der Waals surface area contributed by atoms with Crippen LogP contribution in [-0.4, -0.2) is 37.9 Å². The van der Waals surface area contributed by atoms with Gasteiger partial charge < -0.3 is 9.47 Å². The lowest BCUT2D eigenvalue weighted by Crippen LogP contribution is -2.30. The molecule has 1 saturated heterocycles. The van der Waals surface area contributed by atoms with Gasteiger partial charge in [0, 0.05) is 30.9 Å². The van der Waals surface area contributed by atoms with Gasteiger partial charge in [-0.05, 0) is 55.2 Å². The Hall–Kier alpha value is -5.63. The first kappa shape index (κ1) is 26.6. The molecule has 4 heterocycles. The summed E-state index contributed by atoms with van der Waals surface area (Å²) in [4.78, 5) is 49.4. The van der Waals surface area contributed by atoms with Gasteiger partial charge in [0.15, 0.2) is 5.49 Å². The molecule has 1 aliphatic heterocycles. The Bertz CT molecular complexity index is 2040. The first-order valence-electron chi connectivity index (χ1n) is 13.6. The van der Waals surface area contributed by atoms with E-state index in [0.29, 0.717) is 24.4 Å². The summed E-state index contributed by atoms with van der Waals surface area (Å²) in [6, 6.07) is 22.3. The third-order valence-electron chi connectivity index (χ3n) is 7.42. The highest BCUT2D eigenvalue weighted by atomic mass is 16.6. The number of pyridine rings is 2. The molecule has 3 aromatic heterocycles. The molecule has 6 rings (SSSR count). The number of anilines is 1. The molecule has 1 fully saturated rings. The molecule has 1 amide bonds. The zero-order valence-electron chi connectivity index (χ0n) is 22.5. The second-order valence-electron chi connectivity index (χ2n) is 10.1. The van der Waals surface area contributed by atoms with E-state index in [-0.39, 0.29) is 45.4 Å². The largest absolute Gasteiger partial charge is 0.366 e. The maximum Gasteiger partial charge on any atom is 0.293 e. The monoisotopic (exact) mass is 559 g/mol. The van der Waals surface area contributed by atoms with E-state index in [4.69, 9.17) is 4.98 Å². The van der Waals surface area contributed by atoms with Crippen LogP contribution >= 0.6 is 0 Å². The average Bonchev–Trinajstić information content (AvgIpc) is 3.03. The van der Waals surface area contributed by atoms with Gasteiger partial charge in [0.2, 0.25) is 0 Å². The molecule has 208 valence electrons. The van der Waals surface area contributed by atoms with Crippen molar-refractivity contribution in [1.29, 1.82) is 5.26 Å². The number of carbonyl (C=O) groups excluding carboxylic acids is 1. The van der Waals surface area contributed by atoms with E-state index in [2.05, 4.69) is 11.1 Å². The second kappa shape index (κ2) is 11.1. The fourth-order valence-electron chi connectivity index (χ4n) is 5.36. The van der Waals surface area contributed by atoms with Crippen LogP contribution in [0.5, 0.6) is 0 Å². The maximum absolute atomic E-state index is 13.6. The van der Waals surface area contributed by atoms with Crippen molar-refractivity contribution >= 4 is 34.0 Å². The quantitative estimate of drug-likeness (QED) is 0.179. The molecule has 0 N–H and O–H groups in total. The number of nitriles is 1. The van der Waals surface area contributed by atoms with E-state index in [0.717, 1.165) is 24.8 Å². The molecular formula is C31H25N7O4. The van der Waals surface area contributed by atoms with Gasteiger partial charge in [0.05, 0.1) is 22.4 Å². The summed E-state index contributed by atoms with van der Waals surface area (Å²) >= 11 is 0. The molecule has 0 aliphatic carbocycles. The van der Waals surface area contributed by atoms with E-state index in [9.17, 15) is 25.0 Å². The number of rotatable bonds is 5. The minimum atomic E-state index is -0.751. The zero-order chi connectivity index (χ0) is 29.2. The van der Waals surface area contributed by atoms with Gasteiger partial charge >= 0.3 is 0 Å². The van der Waals surface area contributed by atoms with Crippen LogP contribution in [-0.2, 0) is 6.54 Å². The van der Waals surface area contributed by atoms with Gasteiger partial charge in [-0.25, -0.2) is 4.98 Å². The molecule has 42 heavy (non-hydrogen) atoms. The topological polar surface area (TPSA) is 139 Å². The predicted molar refractivity (Wildman–Crippen MR) is 156 cm³/mol. The number of nitro groups is 1. The van der Waals surface area contributed by atoms with Crippen molar-refractivity contribution in [1.82, 2.24) is 14.0 Å². The summed E-state index contributed by atoms with van der Waals surface area (Å²) in [5.74, 6) is -0.751. The first-order valence-corrected chi connectivity index (χ1v) is 13.6. The number of nitro benzene ring substituents is 1. The lowest BCUT2D eigenvalue weighted by Gasteiger charge is -2.28. The van der Waals surface area contributed by atoms with Crippen molar-refractivity contribution in [2.75, 3.05) is 18.0 Å². The summed E-state index contributed by atoms with van der Waals surface area (Å²) in [6.07, 6.45) is 4.56. The van der Waals surface area contributed by atoms with Crippen molar-refractivity contribution < 1.29 is 9.72 Å². The van der Waals surface area contributed by atoms with Crippen LogP contribution < -0.4 is 15.9 Å². The highest BCUT2D eigenvalue weighted by molar-refractivity contribution is 5.96. The normalized spacial score (nSPS) is 13.8. The molecule has 0 spiro atoms. The number of hydrogen-bond acceptors (Lipinski definition) is 7. The standard InChI is InChI=1S/C31H25N7O4/c32-19-23-17-24-29(33-27-11-5-8-16-36(27)31(24)40)37(20-21-9-3-1-4-10-21)28(23)34-30(39)22-12-13-25(26(18-22)38(41)42)35-14-6-2-7-15-35/h1,3-5,8-13,16-18H,2,6-7,14-15,20H2. The molecular weight excluding hydrogens is 534 g/mol. The molecule has 0 bridgehead atoms. The van der Waals surface area contributed by atoms with Gasteiger partial charge in [-0.15, -0.1) is 0 Å². The van der Waals surface area contributed by atoms with Gasteiger partial charge in [0.1, 0.15) is 23.1 Å². The molecule has 1 aliphatic rings. The van der Waals surface area contributed by atoms with Crippen LogP contribution in [0.2, 0.25) is 0 Å². The number of hydrogen-bond donors (Lipinski definition) is 0. The summed E-state index contributed by atoms with van der Waals surface area (Å²) in [6.45, 7) is 1.59. The molecule has 11 heteroatoms. The lowest BCUT2D eigenvalue weighted by molar-refractivity contribution is -0.384. The summed E-state index contributed by atoms with van der Waals surface area (Å²) in [7, 11) is 0. The van der Waals surface area contributed by atoms with Crippen molar-refractivity contribution in [3.63, 3.8) is 0 Å². The summed E-state index contributed by atoms with van der Waals surface area (Å²) < 4.78 is 2.97. The third kappa shape index (κ3) is 4.90. The lowest BCUT2D eigenvalue weighted by atomic mass is 10.1. The Kier molecular flexibility index (Phi) is 7.02. The number of aromatic nitrogens is 3. The molecule has 0 saturated carbocycles. The Labute approximate surface area is 239 Å². The highest BCUT2D eigenvalue weighted by Crippen LogP contribution is 2.31. The minimum absolute atomic E-state index is 0.000925. The Balaban J connectivity index is 1.56. The maximum atomic E-state index is 13.6. The number of benzene rings is 2. The second-order valence-corrected chi connectivity index (χ2v) is 10.1. The highest BCUT2D eigenvalue weighted by Gasteiger charge is 2.23. The van der Waals surface area contributed by atoms with Crippen molar-refractivity contribution in [3.8, 4) is 6.07 Å². The molecule has 2 aromatic carbocycles. The average molecular weight is 560 g/mol. The fourth-order valence-corrected chi connectivity index (χ4v) is 5.36. The van der Waals surface area contributed by atoms with Crippen LogP contribution in [0.3, 0.4) is 0 Å². The van der Waals surface area contributed by atoms with Crippen LogP contribution in [0.1, 0.15) is 40.7 Å². The number of carbonyl (C=O) groups is 1. The van der Waals surface area contributed by atoms with Crippen LogP contribution in [0.4, 0.5) is 11.4 Å². The van der Waals surface area contributed by atoms with E-state index in [1.54, 1.807) is 35.0 Å². The van der Waals surface area contributed by atoms with Crippen molar-refractivity contribution in [3.05, 3.63) is 122 Å². The first-order chi connectivity index (χ1) is 20.4. The molecule has 0 radical (unpaired) electrons. The van der Waals surface area contributed by atoms with Crippen molar-refractivity contribution in [2.24, 2.45) is 4.99 Å². The fraction of sp³-hybridized carbons (Fsp3) is 0.194. The van der Waals surface area contributed by atoms with Gasteiger partial charge in [0.25, 0.3) is 17.2 Å². The van der Waals surface area contributed by atoms with E-state index < -0.39 is 10.8 Å². The van der Waals surface area contributed by atoms with Crippen LogP contribution in [0, 0.1) is 21.4 Å². The van der Waals surface area contributed by atoms with Gasteiger partial charge in [-0.3, -0.25) is 24.1 Å². The Morgan fingerprint density at radius 2 is 1.79 bits per heavy atom. The number of fused-ring (bicyclic) bond motifs is 2. The predicted octanol–water partition coefficient (Wildman–Crippen LogP) is 4.21. The summed E-state index contributed by atoms with van der Waals surface area (Å²) in [5.41, 5.74) is 1.44. The zero-order valence-corrected chi connectivity index (χ0v) is 22.5. The van der Waals surface area contributed by atoms with Crippen LogP contribution in [0.15, 0.2) is 88.8 Å². The number of piperidine rings is 1. The number of amides is 1. The van der Waals surface area contributed by atoms with E-state index >= 15 is 0 Å². The van der Waals surface area contributed by atoms with E-state index in [1.807, 2.05) is 35.2 Å². The Morgan fingerprint density at radius 3 is 2.52 bits per heavy atom. The minimum Gasteiger partial charge on any atom is -0.366 e.